The lowest BCUT2D eigenvalue weighted by Crippen LogP contribution is -2.61. The minimum Gasteiger partial charge on any atom is -0.462 e. The Balaban J connectivity index is 3.10. The van der Waals surface area contributed by atoms with Gasteiger partial charge in [0.1, 0.15) is 0 Å². The third kappa shape index (κ3) is 7.58. The summed E-state index contributed by atoms with van der Waals surface area (Å²) in [4.78, 5) is 33.6. The Morgan fingerprint density at radius 1 is 0.556 bits per heavy atom. The number of ether oxygens (including phenoxy) is 2. The first-order valence-corrected chi connectivity index (χ1v) is 10.8. The fourth-order valence-electron chi connectivity index (χ4n) is 2.79. The highest BCUT2D eigenvalue weighted by atomic mass is 19.4. The van der Waals surface area contributed by atoms with E-state index in [0.717, 1.165) is 0 Å². The van der Waals surface area contributed by atoms with E-state index in [-0.39, 0.29) is 18.2 Å². The van der Waals surface area contributed by atoms with E-state index < -0.39 is 108 Å². The summed E-state index contributed by atoms with van der Waals surface area (Å²) in [5, 5.41) is 11.0. The van der Waals surface area contributed by atoms with Crippen LogP contribution in [-0.4, -0.2) is 78.0 Å². The number of alkyl halides is 18. The molecule has 7 nitrogen and oxygen atoms in total. The van der Waals surface area contributed by atoms with E-state index in [0.29, 0.717) is 0 Å². The largest absolute Gasteiger partial charge is 0.462 e. The van der Waals surface area contributed by atoms with Crippen LogP contribution in [0.4, 0.5) is 84.7 Å². The molecule has 25 heteroatoms. The van der Waals surface area contributed by atoms with E-state index in [2.05, 4.69) is 9.47 Å². The van der Waals surface area contributed by atoms with Gasteiger partial charge in [0.05, 0.1) is 42.1 Å². The van der Waals surface area contributed by atoms with Gasteiger partial charge in [0, 0.05) is 12.1 Å². The van der Waals surface area contributed by atoms with Gasteiger partial charge in [0.25, 0.3) is 5.69 Å². The molecule has 258 valence electrons. The van der Waals surface area contributed by atoms with Crippen LogP contribution in [-0.2, 0) is 9.47 Å². The fourth-order valence-corrected chi connectivity index (χ4v) is 2.79. The maximum Gasteiger partial charge on any atom is 0.460 e. The molecule has 0 saturated carbocycles. The Kier molecular flexibility index (Phi) is 10.7. The molecule has 0 bridgehead atoms. The standard InChI is InChI=1S/C20H11F18NO6/c21-13(22,15(25,26)17(29,30)19(33,34)35)1-3-44-11(40)8-5-9(7-10(6-8)39(42)43)12(41)45-4-2-14(23,24)16(27,28)18(31,32)20(36,37)38/h5-7H,1-4H2. The first-order valence-electron chi connectivity index (χ1n) is 10.8. The molecule has 0 spiro atoms. The zero-order valence-electron chi connectivity index (χ0n) is 20.8. The molecular formula is C20H11F18NO6. The fraction of sp³-hybridized carbons (Fsp3) is 0.600. The van der Waals surface area contributed by atoms with E-state index in [1.807, 2.05) is 0 Å². The number of halogens is 18. The number of rotatable bonds is 13. The van der Waals surface area contributed by atoms with Gasteiger partial charge < -0.3 is 9.47 Å². The summed E-state index contributed by atoms with van der Waals surface area (Å²) in [6, 6.07) is 0.391. The number of nitrogens with zero attached hydrogens (tertiary/aromatic N) is 1. The molecule has 0 aromatic heterocycles. The highest BCUT2D eigenvalue weighted by Gasteiger charge is 2.82. The third-order valence-electron chi connectivity index (χ3n) is 5.32. The van der Waals surface area contributed by atoms with Crippen molar-refractivity contribution >= 4 is 17.6 Å². The van der Waals surface area contributed by atoms with Crippen LogP contribution in [0.5, 0.6) is 0 Å². The Morgan fingerprint density at radius 3 is 1.09 bits per heavy atom. The van der Waals surface area contributed by atoms with Gasteiger partial charge in [-0.2, -0.15) is 79.0 Å². The number of carbonyl (C=O) groups is 2. The summed E-state index contributed by atoms with van der Waals surface area (Å²) in [5.41, 5.74) is -3.94. The van der Waals surface area contributed by atoms with Crippen molar-refractivity contribution < 1.29 is 103 Å². The van der Waals surface area contributed by atoms with E-state index in [9.17, 15) is 98.7 Å². The van der Waals surface area contributed by atoms with Crippen LogP contribution >= 0.6 is 0 Å². The Morgan fingerprint density at radius 2 is 0.844 bits per heavy atom. The lowest BCUT2D eigenvalue weighted by atomic mass is 10.0. The predicted octanol–water partition coefficient (Wildman–Crippen LogP) is 7.63. The second-order valence-corrected chi connectivity index (χ2v) is 8.50. The van der Waals surface area contributed by atoms with Crippen LogP contribution in [0.1, 0.15) is 33.6 Å². The summed E-state index contributed by atoms with van der Waals surface area (Å²) in [6.07, 6.45) is -19.8. The number of benzene rings is 1. The number of hydrogen-bond acceptors (Lipinski definition) is 6. The molecule has 0 aliphatic heterocycles. The second kappa shape index (κ2) is 12.2. The van der Waals surface area contributed by atoms with Crippen molar-refractivity contribution in [1.29, 1.82) is 0 Å². The second-order valence-electron chi connectivity index (χ2n) is 8.50. The summed E-state index contributed by atoms with van der Waals surface area (Å²) in [6.45, 7) is -4.16. The zero-order valence-corrected chi connectivity index (χ0v) is 20.8. The lowest BCUT2D eigenvalue weighted by Gasteiger charge is -2.33. The van der Waals surface area contributed by atoms with Gasteiger partial charge in [-0.05, 0) is 6.07 Å². The van der Waals surface area contributed by atoms with Crippen LogP contribution in [0.15, 0.2) is 18.2 Å². The Hall–Kier alpha value is -3.70. The number of nitro benzene ring substituents is 1. The normalized spacial score (nSPS) is 14.3. The molecule has 0 heterocycles. The minimum atomic E-state index is -7.29. The number of nitro groups is 1. The van der Waals surface area contributed by atoms with Crippen molar-refractivity contribution in [2.24, 2.45) is 0 Å². The van der Waals surface area contributed by atoms with Crippen LogP contribution in [0, 0.1) is 10.1 Å². The minimum absolute atomic E-state index is 0.118. The van der Waals surface area contributed by atoms with Gasteiger partial charge in [0.2, 0.25) is 0 Å². The molecule has 0 aliphatic rings. The highest BCUT2D eigenvalue weighted by molar-refractivity contribution is 5.96. The average Bonchev–Trinajstić information content (AvgIpc) is 2.86. The number of esters is 2. The highest BCUT2D eigenvalue weighted by Crippen LogP contribution is 2.55. The average molecular weight is 703 g/mol. The van der Waals surface area contributed by atoms with E-state index >= 15 is 0 Å². The van der Waals surface area contributed by atoms with Gasteiger partial charge in [0.15, 0.2) is 0 Å². The van der Waals surface area contributed by atoms with Crippen LogP contribution in [0.3, 0.4) is 0 Å². The molecule has 0 atom stereocenters. The van der Waals surface area contributed by atoms with Gasteiger partial charge in [-0.3, -0.25) is 10.1 Å². The predicted molar refractivity (Wildman–Crippen MR) is 105 cm³/mol. The topological polar surface area (TPSA) is 95.7 Å². The van der Waals surface area contributed by atoms with Crippen molar-refractivity contribution in [2.75, 3.05) is 13.2 Å². The van der Waals surface area contributed by atoms with E-state index in [1.165, 1.54) is 0 Å². The van der Waals surface area contributed by atoms with Crippen molar-refractivity contribution in [1.82, 2.24) is 0 Å². The monoisotopic (exact) mass is 703 g/mol. The number of non-ortho nitro benzene ring substituents is 1. The smallest absolute Gasteiger partial charge is 0.460 e. The molecule has 0 amide bonds. The van der Waals surface area contributed by atoms with Crippen molar-refractivity contribution in [3.05, 3.63) is 39.4 Å². The quantitative estimate of drug-likeness (QED) is 0.0908. The lowest BCUT2D eigenvalue weighted by molar-refractivity contribution is -0.397. The van der Waals surface area contributed by atoms with Gasteiger partial charge >= 0.3 is 59.8 Å². The summed E-state index contributed by atoms with van der Waals surface area (Å²) in [5.74, 6) is -45.4. The molecule has 45 heavy (non-hydrogen) atoms. The summed E-state index contributed by atoms with van der Waals surface area (Å²) >= 11 is 0. The zero-order chi connectivity index (χ0) is 35.8. The SMILES string of the molecule is O=C(OCCC(F)(F)C(F)(F)C(F)(F)C(F)(F)F)c1cc(C(=O)OCCC(F)(F)C(F)(F)C(F)(F)C(F)(F)F)cc([N+](=O)[O-])c1. The molecule has 0 saturated heterocycles. The Labute approximate surface area is 235 Å². The molecule has 1 aromatic carbocycles. The first kappa shape index (κ1) is 39.3. The van der Waals surface area contributed by atoms with E-state index in [4.69, 9.17) is 0 Å². The van der Waals surface area contributed by atoms with Gasteiger partial charge in [-0.1, -0.05) is 0 Å². The number of hydrogen-bond donors (Lipinski definition) is 0. The van der Waals surface area contributed by atoms with Crippen molar-refractivity contribution in [3.63, 3.8) is 0 Å². The first-order chi connectivity index (χ1) is 19.8. The van der Waals surface area contributed by atoms with Crippen LogP contribution in [0.25, 0.3) is 0 Å². The van der Waals surface area contributed by atoms with E-state index in [1.54, 1.807) is 0 Å². The van der Waals surface area contributed by atoms with Gasteiger partial charge in [-0.15, -0.1) is 0 Å². The van der Waals surface area contributed by atoms with Crippen molar-refractivity contribution in [2.45, 2.75) is 60.7 Å². The molecule has 1 rings (SSSR count). The molecular weight excluding hydrogens is 692 g/mol. The van der Waals surface area contributed by atoms with Crippen LogP contribution < -0.4 is 0 Å². The molecule has 0 radical (unpaired) electrons. The van der Waals surface area contributed by atoms with Gasteiger partial charge in [-0.25, -0.2) is 9.59 Å². The Bertz CT molecular complexity index is 1190. The summed E-state index contributed by atoms with van der Waals surface area (Å²) in [7, 11) is 0. The van der Waals surface area contributed by atoms with Crippen LogP contribution in [0.2, 0.25) is 0 Å². The number of carbonyl (C=O) groups excluding carboxylic acids is 2. The molecule has 0 unspecified atom stereocenters. The van der Waals surface area contributed by atoms with Crippen molar-refractivity contribution in [3.8, 4) is 0 Å². The molecule has 1 aromatic rings. The third-order valence-corrected chi connectivity index (χ3v) is 5.32. The molecule has 0 fully saturated rings. The summed E-state index contributed by atoms with van der Waals surface area (Å²) < 4.78 is 240. The maximum absolute atomic E-state index is 13.6. The molecule has 0 N–H and O–H groups in total. The maximum atomic E-state index is 13.6. The molecule has 0 aliphatic carbocycles.